The van der Waals surface area contributed by atoms with Crippen LogP contribution in [0.5, 0.6) is 5.75 Å². The molecule has 1 aliphatic carbocycles. The Morgan fingerprint density at radius 1 is 1.11 bits per heavy atom. The van der Waals surface area contributed by atoms with Crippen molar-refractivity contribution in [2.24, 2.45) is 5.92 Å². The number of nitrogens with one attached hydrogen (secondary N) is 1. The van der Waals surface area contributed by atoms with E-state index < -0.39 is 18.4 Å². The Hall–Kier alpha value is -3.76. The van der Waals surface area contributed by atoms with Crippen LogP contribution in [0.4, 0.5) is 18.9 Å². The predicted octanol–water partition coefficient (Wildman–Crippen LogP) is 4.79. The number of ether oxygens (including phenoxy) is 1. The Labute approximate surface area is 211 Å². The summed E-state index contributed by atoms with van der Waals surface area (Å²) in [6.07, 6.45) is 7.03. The second-order valence-corrected chi connectivity index (χ2v) is 9.58. The van der Waals surface area contributed by atoms with E-state index in [-0.39, 0.29) is 29.7 Å². The second kappa shape index (κ2) is 10.3. The highest BCUT2D eigenvalue weighted by Crippen LogP contribution is 2.38. The SMILES string of the molecule is O=C(N[C@H]1CC[C@H](C(=O)O)CC1)c1cnn2ccc(N3CCC[C@@H]3c3cc(F)cc(OC(F)F)c3)cc12. The van der Waals surface area contributed by atoms with Gasteiger partial charge >= 0.3 is 12.6 Å². The number of rotatable bonds is 7. The highest BCUT2D eigenvalue weighted by atomic mass is 19.3. The number of carboxylic acids is 1. The number of pyridine rings is 1. The van der Waals surface area contributed by atoms with Gasteiger partial charge in [-0.15, -0.1) is 0 Å². The van der Waals surface area contributed by atoms with Crippen molar-refractivity contribution in [3.8, 4) is 5.75 Å². The monoisotopic (exact) mass is 516 g/mol. The fourth-order valence-electron chi connectivity index (χ4n) is 5.44. The topological polar surface area (TPSA) is 96.2 Å². The molecule has 11 heteroatoms. The second-order valence-electron chi connectivity index (χ2n) is 9.58. The Morgan fingerprint density at radius 2 is 1.89 bits per heavy atom. The molecule has 8 nitrogen and oxygen atoms in total. The Bertz CT molecular complexity index is 1310. The number of carbonyl (C=O) groups is 2. The summed E-state index contributed by atoms with van der Waals surface area (Å²) in [7, 11) is 0. The zero-order chi connectivity index (χ0) is 26.1. The maximum Gasteiger partial charge on any atom is 0.387 e. The van der Waals surface area contributed by atoms with Gasteiger partial charge in [-0.25, -0.2) is 8.91 Å². The lowest BCUT2D eigenvalue weighted by Crippen LogP contribution is -2.38. The summed E-state index contributed by atoms with van der Waals surface area (Å²) in [6, 6.07) is 7.06. The number of fused-ring (bicyclic) bond motifs is 1. The first-order valence-corrected chi connectivity index (χ1v) is 12.3. The molecule has 5 rings (SSSR count). The largest absolute Gasteiger partial charge is 0.481 e. The molecule has 0 bridgehead atoms. The van der Waals surface area contributed by atoms with Crippen LogP contribution in [0, 0.1) is 11.7 Å². The third-order valence-electron chi connectivity index (χ3n) is 7.25. The van der Waals surface area contributed by atoms with Gasteiger partial charge in [-0.1, -0.05) is 0 Å². The predicted molar refractivity (Wildman–Crippen MR) is 128 cm³/mol. The molecular weight excluding hydrogens is 489 g/mol. The van der Waals surface area contributed by atoms with Gasteiger partial charge in [-0.2, -0.15) is 13.9 Å². The molecule has 1 aromatic carbocycles. The standard InChI is InChI=1S/C26H27F3N4O4/c27-17-10-16(11-20(12-17)37-26(28)29)22-2-1-8-32(22)19-7-9-33-23(13-19)21(14-30-33)24(34)31-18-5-3-15(4-6-18)25(35)36/h7,9-15,18,22,26H,1-6,8H2,(H,31,34)(H,35,36)/t15-,18-,22-/m1/s1. The number of hydrogen-bond donors (Lipinski definition) is 2. The molecule has 1 amide bonds. The molecular formula is C26H27F3N4O4. The van der Waals surface area contributed by atoms with Gasteiger partial charge in [0, 0.05) is 30.5 Å². The minimum absolute atomic E-state index is 0.0955. The van der Waals surface area contributed by atoms with Gasteiger partial charge in [-0.05, 0) is 68.4 Å². The normalized spacial score (nSPS) is 21.9. The van der Waals surface area contributed by atoms with Crippen LogP contribution >= 0.6 is 0 Å². The molecule has 3 aromatic rings. The molecule has 1 aliphatic heterocycles. The maximum atomic E-state index is 14.2. The van der Waals surface area contributed by atoms with Crippen molar-refractivity contribution in [2.45, 2.75) is 57.2 Å². The van der Waals surface area contributed by atoms with Crippen molar-refractivity contribution < 1.29 is 32.6 Å². The van der Waals surface area contributed by atoms with E-state index in [1.807, 2.05) is 12.1 Å². The number of halogens is 3. The lowest BCUT2D eigenvalue weighted by Gasteiger charge is -2.28. The fourth-order valence-corrected chi connectivity index (χ4v) is 5.44. The maximum absolute atomic E-state index is 14.2. The van der Waals surface area contributed by atoms with Crippen molar-refractivity contribution >= 4 is 23.1 Å². The first-order valence-electron chi connectivity index (χ1n) is 12.3. The number of alkyl halides is 2. The summed E-state index contributed by atoms with van der Waals surface area (Å²) in [4.78, 5) is 26.3. The van der Waals surface area contributed by atoms with Gasteiger partial charge in [0.1, 0.15) is 11.6 Å². The van der Waals surface area contributed by atoms with Crippen LogP contribution in [0.15, 0.2) is 42.7 Å². The number of carbonyl (C=O) groups excluding carboxylic acids is 1. The number of carboxylic acid groups (broad SMARTS) is 1. The zero-order valence-corrected chi connectivity index (χ0v) is 19.9. The molecule has 0 unspecified atom stereocenters. The number of anilines is 1. The van der Waals surface area contributed by atoms with E-state index in [0.29, 0.717) is 55.3 Å². The van der Waals surface area contributed by atoms with Crippen molar-refractivity contribution in [1.82, 2.24) is 14.9 Å². The zero-order valence-electron chi connectivity index (χ0n) is 19.9. The fraction of sp³-hybridized carbons (Fsp3) is 0.423. The van der Waals surface area contributed by atoms with Gasteiger partial charge in [0.15, 0.2) is 0 Å². The van der Waals surface area contributed by atoms with Gasteiger partial charge < -0.3 is 20.1 Å². The van der Waals surface area contributed by atoms with Gasteiger partial charge in [0.25, 0.3) is 5.91 Å². The quantitative estimate of drug-likeness (QED) is 0.469. The minimum Gasteiger partial charge on any atom is -0.481 e. The van der Waals surface area contributed by atoms with E-state index in [2.05, 4.69) is 20.1 Å². The van der Waals surface area contributed by atoms with E-state index >= 15 is 0 Å². The highest BCUT2D eigenvalue weighted by molar-refractivity contribution is 6.01. The molecule has 37 heavy (non-hydrogen) atoms. The smallest absolute Gasteiger partial charge is 0.387 e. The van der Waals surface area contributed by atoms with Crippen molar-refractivity contribution in [3.05, 3.63) is 59.7 Å². The van der Waals surface area contributed by atoms with E-state index in [4.69, 9.17) is 0 Å². The van der Waals surface area contributed by atoms with Crippen LogP contribution < -0.4 is 15.0 Å². The van der Waals surface area contributed by atoms with Crippen LogP contribution in [0.3, 0.4) is 0 Å². The number of aromatic nitrogens is 2. The number of nitrogens with zero attached hydrogens (tertiary/aromatic N) is 3. The Kier molecular flexibility index (Phi) is 6.94. The van der Waals surface area contributed by atoms with Crippen molar-refractivity contribution in [2.75, 3.05) is 11.4 Å². The van der Waals surface area contributed by atoms with Crippen LogP contribution in [-0.4, -0.2) is 45.8 Å². The van der Waals surface area contributed by atoms with E-state index in [1.54, 1.807) is 10.7 Å². The first kappa shape index (κ1) is 24.9. The van der Waals surface area contributed by atoms with Crippen LogP contribution in [0.2, 0.25) is 0 Å². The Balaban J connectivity index is 1.36. The number of amides is 1. The van der Waals surface area contributed by atoms with E-state index in [0.717, 1.165) is 18.2 Å². The minimum atomic E-state index is -3.05. The molecule has 1 atom stereocenters. The average molecular weight is 517 g/mol. The molecule has 0 spiro atoms. The van der Waals surface area contributed by atoms with Crippen LogP contribution in [-0.2, 0) is 4.79 Å². The van der Waals surface area contributed by atoms with Crippen molar-refractivity contribution in [1.29, 1.82) is 0 Å². The summed E-state index contributed by atoms with van der Waals surface area (Å²) in [5.74, 6) is -2.31. The molecule has 2 fully saturated rings. The van der Waals surface area contributed by atoms with Gasteiger partial charge in [0.2, 0.25) is 0 Å². The third-order valence-corrected chi connectivity index (χ3v) is 7.25. The van der Waals surface area contributed by atoms with Crippen LogP contribution in [0.25, 0.3) is 5.52 Å². The summed E-state index contributed by atoms with van der Waals surface area (Å²) >= 11 is 0. The van der Waals surface area contributed by atoms with E-state index in [9.17, 15) is 27.9 Å². The van der Waals surface area contributed by atoms with Gasteiger partial charge in [0.05, 0.1) is 29.2 Å². The summed E-state index contributed by atoms with van der Waals surface area (Å²) in [5, 5.41) is 16.5. The number of aliphatic carboxylic acids is 1. The first-order chi connectivity index (χ1) is 17.8. The Morgan fingerprint density at radius 3 is 2.62 bits per heavy atom. The molecule has 1 saturated carbocycles. The van der Waals surface area contributed by atoms with Crippen LogP contribution in [0.1, 0.15) is 60.5 Å². The highest BCUT2D eigenvalue weighted by Gasteiger charge is 2.30. The number of hydrogen-bond acceptors (Lipinski definition) is 5. The van der Waals surface area contributed by atoms with Crippen molar-refractivity contribution in [3.63, 3.8) is 0 Å². The molecule has 2 N–H and O–H groups in total. The summed E-state index contributed by atoms with van der Waals surface area (Å²) in [6.45, 7) is -2.37. The average Bonchev–Trinajstić information content (AvgIpc) is 3.50. The van der Waals surface area contributed by atoms with E-state index in [1.165, 1.54) is 18.3 Å². The number of benzene rings is 1. The molecule has 2 aromatic heterocycles. The molecule has 196 valence electrons. The summed E-state index contributed by atoms with van der Waals surface area (Å²) in [5.41, 5.74) is 2.33. The van der Waals surface area contributed by atoms with Gasteiger partial charge in [-0.3, -0.25) is 9.59 Å². The summed E-state index contributed by atoms with van der Waals surface area (Å²) < 4.78 is 45.6. The molecule has 1 saturated heterocycles. The molecule has 0 radical (unpaired) electrons. The molecule has 2 aliphatic rings. The lowest BCUT2D eigenvalue weighted by atomic mass is 9.86. The third kappa shape index (κ3) is 5.35. The lowest BCUT2D eigenvalue weighted by molar-refractivity contribution is -0.142. The molecule has 3 heterocycles.